The minimum absolute atomic E-state index is 0.0377. The molecule has 0 aromatic heterocycles. The van der Waals surface area contributed by atoms with Gasteiger partial charge in [-0.3, -0.25) is 0 Å². The quantitative estimate of drug-likeness (QED) is 0.660. The van der Waals surface area contributed by atoms with Crippen LogP contribution >= 0.6 is 0 Å². The van der Waals surface area contributed by atoms with E-state index in [4.69, 9.17) is 5.11 Å². The first-order valence-corrected chi connectivity index (χ1v) is 3.30. The molecule has 0 saturated heterocycles. The summed E-state index contributed by atoms with van der Waals surface area (Å²) < 4.78 is 0. The minimum atomic E-state index is -0.853. The third kappa shape index (κ3) is 2.71. The van der Waals surface area contributed by atoms with Crippen molar-refractivity contribution >= 4 is 11.7 Å². The monoisotopic (exact) mass is 151 g/mol. The Bertz CT molecular complexity index is 233. The summed E-state index contributed by atoms with van der Waals surface area (Å²) >= 11 is 0. The van der Waals surface area contributed by atoms with Crippen molar-refractivity contribution < 1.29 is 9.90 Å². The molecule has 0 aliphatic heterocycles. The first kappa shape index (κ1) is 7.60. The number of carboxylic acids is 1. The van der Waals surface area contributed by atoms with Gasteiger partial charge in [0.2, 0.25) is 0 Å². The van der Waals surface area contributed by atoms with Crippen LogP contribution < -0.4 is 5.32 Å². The Morgan fingerprint density at radius 3 is 2.55 bits per heavy atom. The molecule has 57 valence electrons. The van der Waals surface area contributed by atoms with Gasteiger partial charge in [0.25, 0.3) is 0 Å². The van der Waals surface area contributed by atoms with Crippen LogP contribution in [-0.4, -0.2) is 17.6 Å². The van der Waals surface area contributed by atoms with Crippen LogP contribution in [0.2, 0.25) is 0 Å². The number of rotatable bonds is 3. The van der Waals surface area contributed by atoms with Crippen molar-refractivity contribution in [1.82, 2.24) is 0 Å². The summed E-state index contributed by atoms with van der Waals surface area (Å²) in [5, 5.41) is 11.1. The normalized spacial score (nSPS) is 9.09. The maximum absolute atomic E-state index is 10.1. The van der Waals surface area contributed by atoms with Gasteiger partial charge < -0.3 is 10.4 Å². The fourth-order valence-electron chi connectivity index (χ4n) is 0.734. The van der Waals surface area contributed by atoms with E-state index in [9.17, 15) is 4.79 Å². The average Bonchev–Trinajstić information content (AvgIpc) is 2.03. The SMILES string of the molecule is O=C([OH+])CNc1ccccc1. The molecule has 0 saturated carbocycles. The van der Waals surface area contributed by atoms with Gasteiger partial charge in [-0.25, -0.2) is 0 Å². The average molecular weight is 151 g/mol. The molecule has 1 radical (unpaired) electrons. The molecule has 0 fully saturated rings. The second kappa shape index (κ2) is 3.61. The van der Waals surface area contributed by atoms with Gasteiger partial charge in [0, 0.05) is 5.69 Å². The smallest absolute Gasteiger partial charge is 0.370 e. The van der Waals surface area contributed by atoms with Crippen LogP contribution in [0.1, 0.15) is 0 Å². The third-order valence-electron chi connectivity index (χ3n) is 1.22. The molecule has 0 unspecified atom stereocenters. The number of nitrogens with one attached hydrogen (secondary N) is 1. The molecule has 0 aliphatic rings. The molecular formula is C8H9NO2+. The van der Waals surface area contributed by atoms with Crippen LogP contribution in [0.3, 0.4) is 0 Å². The maximum atomic E-state index is 10.1. The zero-order valence-electron chi connectivity index (χ0n) is 5.95. The number of benzene rings is 1. The lowest BCUT2D eigenvalue weighted by Crippen LogP contribution is -2.11. The summed E-state index contributed by atoms with van der Waals surface area (Å²) in [5.41, 5.74) is 0.829. The lowest BCUT2D eigenvalue weighted by Gasteiger charge is -1.97. The molecule has 1 rings (SSSR count). The van der Waals surface area contributed by atoms with Crippen molar-refractivity contribution in [2.45, 2.75) is 0 Å². The van der Waals surface area contributed by atoms with E-state index in [1.165, 1.54) is 0 Å². The van der Waals surface area contributed by atoms with E-state index in [-0.39, 0.29) is 6.54 Å². The highest BCUT2D eigenvalue weighted by molar-refractivity contribution is 5.72. The highest BCUT2D eigenvalue weighted by atomic mass is 16.4. The Morgan fingerprint density at radius 1 is 1.36 bits per heavy atom. The molecule has 11 heavy (non-hydrogen) atoms. The van der Waals surface area contributed by atoms with Crippen LogP contribution in [-0.2, 0) is 4.79 Å². The fraction of sp³-hybridized carbons (Fsp3) is 0.125. The number of hydrogen-bond acceptors (Lipinski definition) is 2. The molecular weight excluding hydrogens is 142 g/mol. The van der Waals surface area contributed by atoms with Gasteiger partial charge in [0.1, 0.15) is 0 Å². The summed E-state index contributed by atoms with van der Waals surface area (Å²) in [6.45, 7) is -0.0377. The summed E-state index contributed by atoms with van der Waals surface area (Å²) in [7, 11) is 0. The Hall–Kier alpha value is -1.51. The van der Waals surface area contributed by atoms with Crippen LogP contribution in [0.15, 0.2) is 30.3 Å². The summed E-state index contributed by atoms with van der Waals surface area (Å²) in [4.78, 5) is 10.1. The maximum Gasteiger partial charge on any atom is 0.591 e. The van der Waals surface area contributed by atoms with E-state index >= 15 is 0 Å². The summed E-state index contributed by atoms with van der Waals surface area (Å²) in [6.07, 6.45) is 0. The van der Waals surface area contributed by atoms with E-state index < -0.39 is 5.97 Å². The Morgan fingerprint density at radius 2 is 2.00 bits per heavy atom. The molecule has 3 heteroatoms. The largest absolute Gasteiger partial charge is 0.591 e. The minimum Gasteiger partial charge on any atom is -0.370 e. The lowest BCUT2D eigenvalue weighted by molar-refractivity contribution is -0.134. The van der Waals surface area contributed by atoms with E-state index in [0.29, 0.717) is 0 Å². The number of carbonyl (C=O) groups is 1. The van der Waals surface area contributed by atoms with Gasteiger partial charge >= 0.3 is 5.97 Å². The molecule has 1 aromatic carbocycles. The Labute approximate surface area is 64.7 Å². The number of para-hydroxylation sites is 1. The van der Waals surface area contributed by atoms with Gasteiger partial charge in [-0.1, -0.05) is 18.2 Å². The molecule has 0 heterocycles. The van der Waals surface area contributed by atoms with E-state index in [1.54, 1.807) is 0 Å². The van der Waals surface area contributed by atoms with E-state index in [1.807, 2.05) is 30.3 Å². The predicted octanol–water partition coefficient (Wildman–Crippen LogP) is 1.18. The second-order valence-corrected chi connectivity index (χ2v) is 2.11. The molecule has 2 N–H and O–H groups in total. The van der Waals surface area contributed by atoms with Crippen molar-refractivity contribution in [3.8, 4) is 0 Å². The van der Waals surface area contributed by atoms with E-state index in [2.05, 4.69) is 5.32 Å². The van der Waals surface area contributed by atoms with E-state index in [0.717, 1.165) is 5.69 Å². The molecule has 3 nitrogen and oxygen atoms in total. The highest BCUT2D eigenvalue weighted by Gasteiger charge is 2.06. The molecule has 0 amide bonds. The number of carboxylic acid groups (broad SMARTS) is 1. The Kier molecular flexibility index (Phi) is 2.49. The zero-order valence-corrected chi connectivity index (χ0v) is 5.95. The predicted molar refractivity (Wildman–Crippen MR) is 42.6 cm³/mol. The molecule has 0 aliphatic carbocycles. The fourth-order valence-corrected chi connectivity index (χ4v) is 0.734. The standard InChI is InChI=1S/C8H9NO2/c10-8(11)6-9-7-4-2-1-3-5-7/h1-5,9-10H,6H2/q+1. The van der Waals surface area contributed by atoms with Crippen molar-refractivity contribution in [3.63, 3.8) is 0 Å². The molecule has 0 bridgehead atoms. The topological polar surface area (TPSA) is 50.5 Å². The number of aliphatic carboxylic acids is 1. The zero-order chi connectivity index (χ0) is 8.10. The van der Waals surface area contributed by atoms with Crippen LogP contribution in [0.25, 0.3) is 0 Å². The van der Waals surface area contributed by atoms with Crippen molar-refractivity contribution in [2.75, 3.05) is 11.9 Å². The van der Waals surface area contributed by atoms with Crippen LogP contribution in [0.4, 0.5) is 5.69 Å². The summed E-state index contributed by atoms with van der Waals surface area (Å²) in [6, 6.07) is 9.23. The van der Waals surface area contributed by atoms with Crippen molar-refractivity contribution in [2.24, 2.45) is 0 Å². The lowest BCUT2D eigenvalue weighted by atomic mass is 10.3. The number of anilines is 1. The third-order valence-corrected chi connectivity index (χ3v) is 1.22. The number of hydrogen-bond donors (Lipinski definition) is 1. The first-order valence-electron chi connectivity index (χ1n) is 3.30. The van der Waals surface area contributed by atoms with Crippen LogP contribution in [0.5, 0.6) is 0 Å². The van der Waals surface area contributed by atoms with Crippen LogP contribution in [0, 0.1) is 0 Å². The Balaban J connectivity index is 2.45. The van der Waals surface area contributed by atoms with Crippen molar-refractivity contribution in [1.29, 1.82) is 0 Å². The molecule has 0 spiro atoms. The van der Waals surface area contributed by atoms with Gasteiger partial charge in [0.15, 0.2) is 6.54 Å². The van der Waals surface area contributed by atoms with Crippen molar-refractivity contribution in [3.05, 3.63) is 30.3 Å². The van der Waals surface area contributed by atoms with Gasteiger partial charge in [-0.05, 0) is 12.1 Å². The second-order valence-electron chi connectivity index (χ2n) is 2.11. The summed E-state index contributed by atoms with van der Waals surface area (Å²) in [5.74, 6) is -0.853. The van der Waals surface area contributed by atoms with Gasteiger partial charge in [-0.2, -0.15) is 0 Å². The first-order chi connectivity index (χ1) is 5.29. The molecule has 1 aromatic rings. The molecule has 0 atom stereocenters. The van der Waals surface area contributed by atoms with Gasteiger partial charge in [0.05, 0.1) is 4.79 Å². The van der Waals surface area contributed by atoms with Gasteiger partial charge in [-0.15, -0.1) is 0 Å². The highest BCUT2D eigenvalue weighted by Crippen LogP contribution is 2.03.